The fraction of sp³-hybridized carbons (Fsp3) is 0.857. The molecular weight excluding hydrogens is 230 g/mol. The molecule has 0 aromatic heterocycles. The van der Waals surface area contributed by atoms with Crippen LogP contribution < -0.4 is 5.32 Å². The number of amides is 1. The zero-order valence-electron chi connectivity index (χ0n) is 11.8. The van der Waals surface area contributed by atoms with Gasteiger partial charge >= 0.3 is 5.97 Å². The maximum Gasteiger partial charge on any atom is 0.308 e. The highest BCUT2D eigenvalue weighted by Gasteiger charge is 2.33. The molecule has 3 unspecified atom stereocenters. The third-order valence-electron chi connectivity index (χ3n) is 4.09. The van der Waals surface area contributed by atoms with E-state index in [-0.39, 0.29) is 23.3 Å². The Morgan fingerprint density at radius 2 is 1.94 bits per heavy atom. The van der Waals surface area contributed by atoms with Gasteiger partial charge < -0.3 is 10.4 Å². The molecule has 0 aromatic rings. The highest BCUT2D eigenvalue weighted by atomic mass is 16.4. The quantitative estimate of drug-likeness (QED) is 0.810. The molecule has 4 heteroatoms. The number of carboxylic acids is 1. The van der Waals surface area contributed by atoms with E-state index >= 15 is 0 Å². The molecule has 0 spiro atoms. The zero-order valence-corrected chi connectivity index (χ0v) is 11.8. The summed E-state index contributed by atoms with van der Waals surface area (Å²) in [6.45, 7) is 7.76. The number of hydrogen-bond acceptors (Lipinski definition) is 2. The Kier molecular flexibility index (Phi) is 4.77. The van der Waals surface area contributed by atoms with Gasteiger partial charge in [0.05, 0.1) is 5.92 Å². The molecule has 104 valence electrons. The minimum absolute atomic E-state index is 0.0170. The summed E-state index contributed by atoms with van der Waals surface area (Å²) in [5.41, 5.74) is 0.224. The molecular formula is C14H25NO3. The van der Waals surface area contributed by atoms with Crippen molar-refractivity contribution in [2.75, 3.05) is 0 Å². The van der Waals surface area contributed by atoms with Crippen LogP contribution >= 0.6 is 0 Å². The highest BCUT2D eigenvalue weighted by molar-refractivity contribution is 5.80. The van der Waals surface area contributed by atoms with Gasteiger partial charge in [0.15, 0.2) is 0 Å². The van der Waals surface area contributed by atoms with Crippen LogP contribution in [0, 0.1) is 17.3 Å². The number of nitrogens with one attached hydrogen (secondary N) is 1. The van der Waals surface area contributed by atoms with E-state index < -0.39 is 11.9 Å². The third kappa shape index (κ3) is 4.00. The Hall–Kier alpha value is -1.06. The molecule has 4 nitrogen and oxygen atoms in total. The fourth-order valence-electron chi connectivity index (χ4n) is 2.60. The molecule has 0 radical (unpaired) electrons. The Morgan fingerprint density at radius 1 is 1.33 bits per heavy atom. The number of aliphatic carboxylic acids is 1. The summed E-state index contributed by atoms with van der Waals surface area (Å²) in [5, 5.41) is 11.8. The topological polar surface area (TPSA) is 66.4 Å². The predicted octanol–water partition coefficient (Wildman–Crippen LogP) is 2.43. The second-order valence-electron chi connectivity index (χ2n) is 6.38. The Balaban J connectivity index is 2.52. The van der Waals surface area contributed by atoms with Crippen LogP contribution in [0.4, 0.5) is 0 Å². The fourth-order valence-corrected chi connectivity index (χ4v) is 2.60. The highest BCUT2D eigenvalue weighted by Crippen LogP contribution is 2.38. The first-order valence-corrected chi connectivity index (χ1v) is 6.76. The van der Waals surface area contributed by atoms with E-state index in [0.29, 0.717) is 0 Å². The Labute approximate surface area is 109 Å². The molecule has 0 heterocycles. The van der Waals surface area contributed by atoms with E-state index in [9.17, 15) is 9.59 Å². The van der Waals surface area contributed by atoms with Crippen molar-refractivity contribution in [3.8, 4) is 0 Å². The van der Waals surface area contributed by atoms with Crippen LogP contribution in [0.15, 0.2) is 0 Å². The van der Waals surface area contributed by atoms with Gasteiger partial charge in [0, 0.05) is 12.0 Å². The van der Waals surface area contributed by atoms with E-state index in [4.69, 9.17) is 5.11 Å². The first-order valence-electron chi connectivity index (χ1n) is 6.76. The van der Waals surface area contributed by atoms with E-state index in [1.807, 2.05) is 0 Å². The predicted molar refractivity (Wildman–Crippen MR) is 70.1 cm³/mol. The van der Waals surface area contributed by atoms with Crippen LogP contribution in [-0.2, 0) is 9.59 Å². The third-order valence-corrected chi connectivity index (χ3v) is 4.09. The second kappa shape index (κ2) is 5.72. The van der Waals surface area contributed by atoms with Crippen molar-refractivity contribution in [1.29, 1.82) is 0 Å². The number of rotatable bonds is 4. The summed E-state index contributed by atoms with van der Waals surface area (Å²) >= 11 is 0. The van der Waals surface area contributed by atoms with Crippen LogP contribution in [0.1, 0.15) is 53.4 Å². The number of carbonyl (C=O) groups excluding carboxylic acids is 1. The smallest absolute Gasteiger partial charge is 0.308 e. The van der Waals surface area contributed by atoms with Gasteiger partial charge in [0.1, 0.15) is 0 Å². The van der Waals surface area contributed by atoms with Crippen molar-refractivity contribution < 1.29 is 14.7 Å². The second-order valence-corrected chi connectivity index (χ2v) is 6.38. The average Bonchev–Trinajstić information content (AvgIpc) is 2.26. The van der Waals surface area contributed by atoms with Crippen molar-refractivity contribution in [2.45, 2.75) is 59.4 Å². The molecule has 18 heavy (non-hydrogen) atoms. The standard InChI is InChI=1S/C14H25NO3/c1-9(13(17)18)10(2)15-12(16)11-6-5-7-14(3,4)8-11/h9-11H,5-8H2,1-4H3,(H,15,16)(H,17,18). The van der Waals surface area contributed by atoms with Crippen molar-refractivity contribution in [2.24, 2.45) is 17.3 Å². The van der Waals surface area contributed by atoms with E-state index in [2.05, 4.69) is 19.2 Å². The van der Waals surface area contributed by atoms with Crippen LogP contribution in [-0.4, -0.2) is 23.0 Å². The van der Waals surface area contributed by atoms with E-state index in [1.165, 1.54) is 0 Å². The van der Waals surface area contributed by atoms with Gasteiger partial charge in [0.2, 0.25) is 5.91 Å². The largest absolute Gasteiger partial charge is 0.481 e. The molecule has 1 saturated carbocycles. The normalized spacial score (nSPS) is 26.1. The molecule has 0 bridgehead atoms. The van der Waals surface area contributed by atoms with Crippen molar-refractivity contribution >= 4 is 11.9 Å². The maximum absolute atomic E-state index is 12.1. The summed E-state index contributed by atoms with van der Waals surface area (Å²) in [7, 11) is 0. The summed E-state index contributed by atoms with van der Waals surface area (Å²) in [6.07, 6.45) is 4.06. The first kappa shape index (κ1) is 15.0. The summed E-state index contributed by atoms with van der Waals surface area (Å²) in [6, 6.07) is -0.319. The number of carboxylic acid groups (broad SMARTS) is 1. The average molecular weight is 255 g/mol. The van der Waals surface area contributed by atoms with Gasteiger partial charge in [-0.15, -0.1) is 0 Å². The van der Waals surface area contributed by atoms with Gasteiger partial charge in [-0.05, 0) is 38.5 Å². The van der Waals surface area contributed by atoms with Gasteiger partial charge in [-0.3, -0.25) is 9.59 Å². The lowest BCUT2D eigenvalue weighted by Crippen LogP contribution is -2.44. The van der Waals surface area contributed by atoms with Gasteiger partial charge in [-0.25, -0.2) is 0 Å². The van der Waals surface area contributed by atoms with Crippen molar-refractivity contribution in [3.05, 3.63) is 0 Å². The van der Waals surface area contributed by atoms with Crippen LogP contribution in [0.2, 0.25) is 0 Å². The number of carbonyl (C=O) groups is 2. The van der Waals surface area contributed by atoms with Crippen molar-refractivity contribution in [3.63, 3.8) is 0 Å². The molecule has 0 aliphatic heterocycles. The lowest BCUT2D eigenvalue weighted by molar-refractivity contribution is -0.142. The van der Waals surface area contributed by atoms with Crippen molar-refractivity contribution in [1.82, 2.24) is 5.32 Å². The Morgan fingerprint density at radius 3 is 2.44 bits per heavy atom. The Bertz CT molecular complexity index is 325. The van der Waals surface area contributed by atoms with Gasteiger partial charge in [-0.1, -0.05) is 20.3 Å². The van der Waals surface area contributed by atoms with Crippen LogP contribution in [0.25, 0.3) is 0 Å². The minimum Gasteiger partial charge on any atom is -0.481 e. The molecule has 0 saturated heterocycles. The van der Waals surface area contributed by atoms with Gasteiger partial charge in [0.25, 0.3) is 0 Å². The van der Waals surface area contributed by atoms with E-state index in [0.717, 1.165) is 25.7 Å². The SMILES string of the molecule is CC(NC(=O)C1CCCC(C)(C)C1)C(C)C(=O)O. The molecule has 3 atom stereocenters. The lowest BCUT2D eigenvalue weighted by Gasteiger charge is -2.35. The minimum atomic E-state index is -0.869. The molecule has 0 aromatic carbocycles. The molecule has 1 rings (SSSR count). The molecule has 1 aliphatic rings. The van der Waals surface area contributed by atoms with Crippen LogP contribution in [0.5, 0.6) is 0 Å². The molecule has 1 fully saturated rings. The first-order chi connectivity index (χ1) is 8.23. The monoisotopic (exact) mass is 255 g/mol. The van der Waals surface area contributed by atoms with Crippen LogP contribution in [0.3, 0.4) is 0 Å². The maximum atomic E-state index is 12.1. The molecule has 1 aliphatic carbocycles. The van der Waals surface area contributed by atoms with E-state index in [1.54, 1.807) is 13.8 Å². The zero-order chi connectivity index (χ0) is 13.9. The number of hydrogen-bond donors (Lipinski definition) is 2. The molecule has 2 N–H and O–H groups in total. The van der Waals surface area contributed by atoms with Gasteiger partial charge in [-0.2, -0.15) is 0 Å². The lowest BCUT2D eigenvalue weighted by atomic mass is 9.72. The summed E-state index contributed by atoms with van der Waals surface area (Å²) in [4.78, 5) is 23.0. The molecule has 1 amide bonds. The summed E-state index contributed by atoms with van der Waals surface area (Å²) in [5.74, 6) is -1.36. The summed E-state index contributed by atoms with van der Waals surface area (Å²) < 4.78 is 0.